The number of nitro groups is 1. The quantitative estimate of drug-likeness (QED) is 0.280. The van der Waals surface area contributed by atoms with Gasteiger partial charge in [0.05, 0.1) is 42.1 Å². The summed E-state index contributed by atoms with van der Waals surface area (Å²) in [6.45, 7) is -0.429. The van der Waals surface area contributed by atoms with Gasteiger partial charge in [-0.2, -0.15) is 0 Å². The highest BCUT2D eigenvalue weighted by Gasteiger charge is 2.19. The summed E-state index contributed by atoms with van der Waals surface area (Å²) in [6.07, 6.45) is 0. The number of anilines is 2. The van der Waals surface area contributed by atoms with E-state index in [1.165, 1.54) is 38.5 Å². The van der Waals surface area contributed by atoms with E-state index in [2.05, 4.69) is 10.6 Å². The van der Waals surface area contributed by atoms with Crippen molar-refractivity contribution >= 4 is 40.0 Å². The molecule has 184 valence electrons. The molecule has 0 saturated carbocycles. The Hall–Kier alpha value is -5.13. The number of nitro benzene ring substituents is 1. The number of amides is 2. The van der Waals surface area contributed by atoms with Gasteiger partial charge in [0, 0.05) is 23.8 Å². The first kappa shape index (κ1) is 24.0. The maximum absolute atomic E-state index is 12.8. The zero-order valence-electron chi connectivity index (χ0n) is 19.1. The maximum atomic E-state index is 12.8. The lowest BCUT2D eigenvalue weighted by Crippen LogP contribution is -2.25. The Morgan fingerprint density at radius 3 is 2.22 bits per heavy atom. The molecule has 0 aliphatic heterocycles. The normalized spacial score (nSPS) is 10.6. The van der Waals surface area contributed by atoms with Crippen LogP contribution in [0.3, 0.4) is 0 Å². The molecular formula is C24H20N4O8. The molecule has 0 unspecified atom stereocenters. The summed E-state index contributed by atoms with van der Waals surface area (Å²) < 4.78 is 16.8. The van der Waals surface area contributed by atoms with Gasteiger partial charge in [-0.1, -0.05) is 18.2 Å². The number of methoxy groups -OCH3 is 2. The summed E-state index contributed by atoms with van der Waals surface area (Å²) in [5.41, 5.74) is 0.959. The summed E-state index contributed by atoms with van der Waals surface area (Å²) >= 11 is 0. The zero-order chi connectivity index (χ0) is 25.8. The van der Waals surface area contributed by atoms with E-state index in [-0.39, 0.29) is 39.9 Å². The largest absolute Gasteiger partial charge is 0.494 e. The summed E-state index contributed by atoms with van der Waals surface area (Å²) in [5, 5.41) is 16.3. The number of non-ortho nitro benzene ring substituents is 1. The molecule has 3 aromatic carbocycles. The van der Waals surface area contributed by atoms with E-state index in [1.807, 2.05) is 0 Å². The number of hydrogen-bond donors (Lipinski definition) is 2. The van der Waals surface area contributed by atoms with E-state index < -0.39 is 23.1 Å². The molecule has 0 spiro atoms. The first-order chi connectivity index (χ1) is 17.3. The maximum Gasteiger partial charge on any atom is 0.420 e. The highest BCUT2D eigenvalue weighted by molar-refractivity contribution is 6.05. The molecule has 0 bridgehead atoms. The van der Waals surface area contributed by atoms with E-state index in [1.54, 1.807) is 30.3 Å². The summed E-state index contributed by atoms with van der Waals surface area (Å²) in [4.78, 5) is 47.9. The second-order valence-electron chi connectivity index (χ2n) is 7.48. The monoisotopic (exact) mass is 492 g/mol. The van der Waals surface area contributed by atoms with Crippen molar-refractivity contribution in [3.8, 4) is 11.5 Å². The molecule has 0 saturated heterocycles. The van der Waals surface area contributed by atoms with Gasteiger partial charge in [0.25, 0.3) is 11.6 Å². The lowest BCUT2D eigenvalue weighted by Gasteiger charge is -2.16. The molecule has 36 heavy (non-hydrogen) atoms. The van der Waals surface area contributed by atoms with Crippen molar-refractivity contribution in [2.24, 2.45) is 0 Å². The number of nitrogens with one attached hydrogen (secondary N) is 2. The minimum Gasteiger partial charge on any atom is -0.494 e. The van der Waals surface area contributed by atoms with Crippen LogP contribution in [0.5, 0.6) is 11.5 Å². The van der Waals surface area contributed by atoms with Crippen molar-refractivity contribution in [3.05, 3.63) is 86.9 Å². The van der Waals surface area contributed by atoms with Crippen LogP contribution in [0.1, 0.15) is 10.4 Å². The molecule has 1 aromatic heterocycles. The highest BCUT2D eigenvalue weighted by atomic mass is 16.6. The van der Waals surface area contributed by atoms with Crippen molar-refractivity contribution in [1.82, 2.24) is 4.57 Å². The summed E-state index contributed by atoms with van der Waals surface area (Å²) in [5.74, 6) is -1.32. The van der Waals surface area contributed by atoms with Gasteiger partial charge in [-0.15, -0.1) is 0 Å². The van der Waals surface area contributed by atoms with E-state index in [9.17, 15) is 24.5 Å². The Balaban J connectivity index is 1.57. The number of benzene rings is 3. The second-order valence-corrected chi connectivity index (χ2v) is 7.48. The molecule has 1 heterocycles. The van der Waals surface area contributed by atoms with Crippen LogP contribution < -0.4 is 25.9 Å². The van der Waals surface area contributed by atoms with E-state index in [0.717, 1.165) is 10.6 Å². The molecular weight excluding hydrogens is 472 g/mol. The smallest absolute Gasteiger partial charge is 0.420 e. The van der Waals surface area contributed by atoms with Crippen LogP contribution in [0.2, 0.25) is 0 Å². The van der Waals surface area contributed by atoms with E-state index >= 15 is 0 Å². The first-order valence-electron chi connectivity index (χ1n) is 10.5. The van der Waals surface area contributed by atoms with Crippen LogP contribution in [0, 0.1) is 10.1 Å². The second kappa shape index (κ2) is 10.0. The van der Waals surface area contributed by atoms with Gasteiger partial charge in [-0.05, 0) is 18.2 Å². The van der Waals surface area contributed by atoms with Crippen molar-refractivity contribution in [3.63, 3.8) is 0 Å². The zero-order valence-corrected chi connectivity index (χ0v) is 19.1. The fourth-order valence-corrected chi connectivity index (χ4v) is 3.53. The lowest BCUT2D eigenvalue weighted by atomic mass is 10.2. The van der Waals surface area contributed by atoms with Crippen LogP contribution in [0.15, 0.2) is 69.9 Å². The molecule has 12 heteroatoms. The van der Waals surface area contributed by atoms with Crippen LogP contribution in [-0.2, 0) is 11.3 Å². The first-order valence-corrected chi connectivity index (χ1v) is 10.5. The Bertz CT molecular complexity index is 1520. The van der Waals surface area contributed by atoms with Gasteiger partial charge in [0.2, 0.25) is 5.91 Å². The third kappa shape index (κ3) is 4.87. The Kier molecular flexibility index (Phi) is 6.68. The molecule has 4 rings (SSSR count). The third-order valence-corrected chi connectivity index (χ3v) is 5.24. The molecule has 0 aliphatic carbocycles. The minimum atomic E-state index is -0.843. The average Bonchev–Trinajstić information content (AvgIpc) is 3.18. The van der Waals surface area contributed by atoms with Gasteiger partial charge in [0.1, 0.15) is 18.0 Å². The number of carbonyl (C=O) groups excluding carboxylic acids is 2. The van der Waals surface area contributed by atoms with Crippen LogP contribution in [0.25, 0.3) is 11.1 Å². The lowest BCUT2D eigenvalue weighted by molar-refractivity contribution is -0.384. The fourth-order valence-electron chi connectivity index (χ4n) is 3.53. The number of aromatic nitrogens is 1. The SMILES string of the molecule is COc1cc(NC(=O)c2ccccc2)c(OC)cc1NC(=O)Cn1c(=O)oc2cc([N+](=O)[O-])ccc21. The molecule has 2 N–H and O–H groups in total. The van der Waals surface area contributed by atoms with Crippen molar-refractivity contribution < 1.29 is 28.4 Å². The standard InChI is InChI=1S/C24H20N4O8/c1-34-19-12-17(26-23(30)14-6-4-3-5-7-14)20(35-2)11-16(19)25-22(29)13-27-18-9-8-15(28(32)33)10-21(18)36-24(27)31/h3-12H,13H2,1-2H3,(H,25,29)(H,26,30). The molecule has 2 amide bonds. The highest BCUT2D eigenvalue weighted by Crippen LogP contribution is 2.36. The van der Waals surface area contributed by atoms with Crippen LogP contribution in [0.4, 0.5) is 17.1 Å². The molecule has 0 atom stereocenters. The van der Waals surface area contributed by atoms with Crippen molar-refractivity contribution in [2.75, 3.05) is 24.9 Å². The average molecular weight is 492 g/mol. The van der Waals surface area contributed by atoms with Crippen molar-refractivity contribution in [1.29, 1.82) is 0 Å². The number of ether oxygens (including phenoxy) is 2. The Morgan fingerprint density at radius 1 is 0.972 bits per heavy atom. The number of fused-ring (bicyclic) bond motifs is 1. The van der Waals surface area contributed by atoms with Crippen molar-refractivity contribution in [2.45, 2.75) is 6.54 Å². The van der Waals surface area contributed by atoms with E-state index in [4.69, 9.17) is 13.9 Å². The number of rotatable bonds is 8. The Morgan fingerprint density at radius 2 is 1.61 bits per heavy atom. The molecule has 12 nitrogen and oxygen atoms in total. The topological polar surface area (TPSA) is 155 Å². The minimum absolute atomic E-state index is 0.0141. The van der Waals surface area contributed by atoms with Gasteiger partial charge in [-0.25, -0.2) is 4.79 Å². The van der Waals surface area contributed by atoms with Gasteiger partial charge < -0.3 is 24.5 Å². The van der Waals surface area contributed by atoms with Crippen LogP contribution >= 0.6 is 0 Å². The van der Waals surface area contributed by atoms with Gasteiger partial charge in [0.15, 0.2) is 5.58 Å². The third-order valence-electron chi connectivity index (χ3n) is 5.24. The number of nitrogens with zero attached hydrogens (tertiary/aromatic N) is 2. The number of carbonyl (C=O) groups is 2. The number of oxazole rings is 1. The summed E-state index contributed by atoms with van der Waals surface area (Å²) in [7, 11) is 2.79. The molecule has 0 radical (unpaired) electrons. The predicted molar refractivity (Wildman–Crippen MR) is 130 cm³/mol. The Labute approximate surface area is 203 Å². The van der Waals surface area contributed by atoms with Crippen LogP contribution in [-0.4, -0.2) is 35.5 Å². The fraction of sp³-hybridized carbons (Fsp3) is 0.125. The molecule has 4 aromatic rings. The molecule has 0 aliphatic rings. The summed E-state index contributed by atoms with van der Waals surface area (Å²) in [6, 6.07) is 15.2. The van der Waals surface area contributed by atoms with E-state index in [0.29, 0.717) is 11.3 Å². The van der Waals surface area contributed by atoms with Gasteiger partial charge >= 0.3 is 5.76 Å². The van der Waals surface area contributed by atoms with Gasteiger partial charge in [-0.3, -0.25) is 24.3 Å². The molecule has 0 fully saturated rings. The predicted octanol–water partition coefficient (Wildman–Crippen LogP) is 3.41. The number of hydrogen-bond acceptors (Lipinski definition) is 8.